The van der Waals surface area contributed by atoms with E-state index >= 15 is 0 Å². The SMILES string of the molecule is CCCCC1N(CC)[SiH2]N1CC. The Bertz CT molecular complexity index is 120. The molecule has 1 rings (SSSR count). The largest absolute Gasteiger partial charge is 0.302 e. The van der Waals surface area contributed by atoms with E-state index in [0.29, 0.717) is 0 Å². The van der Waals surface area contributed by atoms with Gasteiger partial charge in [0.15, 0.2) is 9.84 Å². The van der Waals surface area contributed by atoms with Gasteiger partial charge in [0.05, 0.1) is 6.17 Å². The van der Waals surface area contributed by atoms with Crippen molar-refractivity contribution in [2.24, 2.45) is 0 Å². The van der Waals surface area contributed by atoms with Crippen molar-refractivity contribution in [3.8, 4) is 0 Å². The molecule has 0 unspecified atom stereocenters. The summed E-state index contributed by atoms with van der Waals surface area (Å²) in [6, 6.07) is 0. The third-order valence-electron chi connectivity index (χ3n) is 2.83. The molecule has 0 amide bonds. The van der Waals surface area contributed by atoms with E-state index in [9.17, 15) is 0 Å². The maximum Gasteiger partial charge on any atom is 0.175 e. The Morgan fingerprint density at radius 3 is 2.08 bits per heavy atom. The quantitative estimate of drug-likeness (QED) is 0.595. The van der Waals surface area contributed by atoms with Crippen molar-refractivity contribution in [2.45, 2.75) is 46.2 Å². The third kappa shape index (κ3) is 2.09. The summed E-state index contributed by atoms with van der Waals surface area (Å²) < 4.78 is 5.39. The molecule has 0 bridgehead atoms. The Morgan fingerprint density at radius 1 is 1.08 bits per heavy atom. The molecule has 0 N–H and O–H groups in total. The first-order chi connectivity index (χ1) is 5.83. The molecule has 0 spiro atoms. The first-order valence-corrected chi connectivity index (χ1v) is 6.58. The molecular weight excluding hydrogens is 164 g/mol. The van der Waals surface area contributed by atoms with E-state index in [1.165, 1.54) is 32.4 Å². The molecule has 0 aromatic rings. The van der Waals surface area contributed by atoms with Crippen molar-refractivity contribution in [2.75, 3.05) is 13.1 Å². The van der Waals surface area contributed by atoms with Gasteiger partial charge in [-0.1, -0.05) is 33.6 Å². The van der Waals surface area contributed by atoms with Crippen LogP contribution < -0.4 is 0 Å². The highest BCUT2D eigenvalue weighted by atomic mass is 28.2. The van der Waals surface area contributed by atoms with Crippen molar-refractivity contribution in [1.82, 2.24) is 9.13 Å². The van der Waals surface area contributed by atoms with Gasteiger partial charge >= 0.3 is 0 Å². The van der Waals surface area contributed by atoms with Crippen LogP contribution in [-0.2, 0) is 0 Å². The van der Waals surface area contributed by atoms with Crippen molar-refractivity contribution >= 4 is 9.84 Å². The van der Waals surface area contributed by atoms with E-state index < -0.39 is 0 Å². The average molecular weight is 186 g/mol. The fourth-order valence-corrected chi connectivity index (χ4v) is 3.69. The van der Waals surface area contributed by atoms with E-state index in [4.69, 9.17) is 0 Å². The van der Waals surface area contributed by atoms with Gasteiger partial charge in [-0.2, -0.15) is 0 Å². The summed E-state index contributed by atoms with van der Waals surface area (Å²) in [5.74, 6) is 0. The second-order valence-corrected chi connectivity index (χ2v) is 5.48. The summed E-state index contributed by atoms with van der Waals surface area (Å²) in [5.41, 5.74) is 0. The van der Waals surface area contributed by atoms with Gasteiger partial charge in [-0.3, -0.25) is 0 Å². The van der Waals surface area contributed by atoms with Gasteiger partial charge in [-0.05, 0) is 19.5 Å². The Labute approximate surface area is 78.9 Å². The fraction of sp³-hybridized carbons (Fsp3) is 1.00. The lowest BCUT2D eigenvalue weighted by atomic mass is 10.2. The van der Waals surface area contributed by atoms with Crippen LogP contribution in [0.5, 0.6) is 0 Å². The van der Waals surface area contributed by atoms with Crippen LogP contribution in [-0.4, -0.2) is 38.2 Å². The topological polar surface area (TPSA) is 6.48 Å². The predicted octanol–water partition coefficient (Wildman–Crippen LogP) is 1.16. The molecule has 1 aliphatic rings. The minimum atomic E-state index is 0.0241. The molecule has 1 heterocycles. The summed E-state index contributed by atoms with van der Waals surface area (Å²) in [6.07, 6.45) is 4.95. The Hall–Kier alpha value is 0.137. The minimum Gasteiger partial charge on any atom is -0.302 e. The lowest BCUT2D eigenvalue weighted by molar-refractivity contribution is 0.0935. The highest BCUT2D eigenvalue weighted by molar-refractivity contribution is 6.32. The van der Waals surface area contributed by atoms with Gasteiger partial charge < -0.3 is 9.13 Å². The third-order valence-corrected chi connectivity index (χ3v) is 5.30. The molecule has 0 radical (unpaired) electrons. The maximum absolute atomic E-state index is 2.69. The van der Waals surface area contributed by atoms with Gasteiger partial charge in [0, 0.05) is 0 Å². The lowest BCUT2D eigenvalue weighted by Crippen LogP contribution is -2.66. The molecule has 0 atom stereocenters. The first-order valence-electron chi connectivity index (χ1n) is 5.31. The molecule has 72 valence electrons. The summed E-state index contributed by atoms with van der Waals surface area (Å²) in [7, 11) is 0.0241. The smallest absolute Gasteiger partial charge is 0.175 e. The molecule has 1 fully saturated rings. The van der Waals surface area contributed by atoms with E-state index in [-0.39, 0.29) is 9.84 Å². The molecule has 2 nitrogen and oxygen atoms in total. The monoisotopic (exact) mass is 186 g/mol. The second-order valence-electron chi connectivity index (χ2n) is 3.57. The predicted molar refractivity (Wildman–Crippen MR) is 56.6 cm³/mol. The summed E-state index contributed by atoms with van der Waals surface area (Å²) in [5, 5.41) is 0. The number of hydrogen-bond acceptors (Lipinski definition) is 2. The normalized spacial score (nSPS) is 27.8. The van der Waals surface area contributed by atoms with Crippen molar-refractivity contribution < 1.29 is 0 Å². The van der Waals surface area contributed by atoms with Crippen LogP contribution in [0.4, 0.5) is 0 Å². The van der Waals surface area contributed by atoms with Crippen molar-refractivity contribution in [3.05, 3.63) is 0 Å². The second kappa shape index (κ2) is 4.99. The van der Waals surface area contributed by atoms with Crippen LogP contribution in [0.25, 0.3) is 0 Å². The van der Waals surface area contributed by atoms with E-state index in [1.807, 2.05) is 0 Å². The molecule has 12 heavy (non-hydrogen) atoms. The van der Waals surface area contributed by atoms with Crippen LogP contribution in [0.1, 0.15) is 40.0 Å². The van der Waals surface area contributed by atoms with E-state index in [0.717, 1.165) is 6.17 Å². The summed E-state index contributed by atoms with van der Waals surface area (Å²) in [6.45, 7) is 9.41. The average Bonchev–Trinajstić information content (AvgIpc) is 2.05. The van der Waals surface area contributed by atoms with Gasteiger partial charge in [0.1, 0.15) is 0 Å². The molecule has 1 aliphatic heterocycles. The highest BCUT2D eigenvalue weighted by Gasteiger charge is 2.33. The van der Waals surface area contributed by atoms with E-state index in [2.05, 4.69) is 29.9 Å². The number of unbranched alkanes of at least 4 members (excludes halogenated alkanes) is 1. The molecule has 0 aliphatic carbocycles. The van der Waals surface area contributed by atoms with Crippen LogP contribution in [0.15, 0.2) is 0 Å². The van der Waals surface area contributed by atoms with E-state index in [1.54, 1.807) is 0 Å². The highest BCUT2D eigenvalue weighted by Crippen LogP contribution is 2.20. The minimum absolute atomic E-state index is 0.0241. The number of hydrogen-bond donors (Lipinski definition) is 0. The van der Waals surface area contributed by atoms with Gasteiger partial charge in [0.2, 0.25) is 0 Å². The Kier molecular flexibility index (Phi) is 4.25. The fourth-order valence-electron chi connectivity index (χ4n) is 1.93. The number of rotatable bonds is 5. The zero-order chi connectivity index (χ0) is 8.97. The first kappa shape index (κ1) is 10.2. The Balaban J connectivity index is 2.25. The van der Waals surface area contributed by atoms with Crippen LogP contribution >= 0.6 is 0 Å². The number of nitrogens with zero attached hydrogens (tertiary/aromatic N) is 2. The summed E-state index contributed by atoms with van der Waals surface area (Å²) in [4.78, 5) is 0. The van der Waals surface area contributed by atoms with Crippen molar-refractivity contribution in [3.63, 3.8) is 0 Å². The zero-order valence-electron chi connectivity index (χ0n) is 8.71. The van der Waals surface area contributed by atoms with Crippen molar-refractivity contribution in [1.29, 1.82) is 0 Å². The van der Waals surface area contributed by atoms with Gasteiger partial charge in [0.25, 0.3) is 0 Å². The molecule has 3 heteroatoms. The molecule has 0 aromatic heterocycles. The zero-order valence-corrected chi connectivity index (χ0v) is 10.1. The molecule has 0 saturated carbocycles. The van der Waals surface area contributed by atoms with Gasteiger partial charge in [-0.15, -0.1) is 0 Å². The molecule has 1 saturated heterocycles. The Morgan fingerprint density at radius 2 is 1.67 bits per heavy atom. The van der Waals surface area contributed by atoms with Crippen LogP contribution in [0, 0.1) is 0 Å². The standard InChI is InChI=1S/C9H22N2Si/c1-4-7-8-9-10(5-2)12-11(9)6-3/h9H,4-8,12H2,1-3H3. The molecular formula is C9H22N2Si. The van der Waals surface area contributed by atoms with Crippen LogP contribution in [0.2, 0.25) is 0 Å². The van der Waals surface area contributed by atoms with Crippen LogP contribution in [0.3, 0.4) is 0 Å². The van der Waals surface area contributed by atoms with Gasteiger partial charge in [-0.25, -0.2) is 0 Å². The molecule has 0 aromatic carbocycles. The maximum atomic E-state index is 2.69. The lowest BCUT2D eigenvalue weighted by Gasteiger charge is -2.50. The summed E-state index contributed by atoms with van der Waals surface area (Å²) >= 11 is 0.